The number of nitrogens with zero attached hydrogens (tertiary/aromatic N) is 6. The molecule has 78 heavy (non-hydrogen) atoms. The average Bonchev–Trinajstić information content (AvgIpc) is 4.32. The van der Waals surface area contributed by atoms with Gasteiger partial charge in [0.25, 0.3) is 0 Å². The van der Waals surface area contributed by atoms with Crippen LogP contribution < -0.4 is 0 Å². The van der Waals surface area contributed by atoms with Crippen molar-refractivity contribution < 1.29 is 0 Å². The first-order chi connectivity index (χ1) is 38.4. The normalized spacial score (nSPS) is 17.0. The van der Waals surface area contributed by atoms with E-state index < -0.39 is 5.41 Å². The summed E-state index contributed by atoms with van der Waals surface area (Å²) in [5.41, 5.74) is 19.9. The zero-order valence-corrected chi connectivity index (χ0v) is 44.0. The van der Waals surface area contributed by atoms with Gasteiger partial charge in [-0.2, -0.15) is 0 Å². The van der Waals surface area contributed by atoms with Gasteiger partial charge in [-0.15, -0.1) is 11.3 Å². The molecule has 0 N–H and O–H groups in total. The molecule has 0 aliphatic heterocycles. The maximum absolute atomic E-state index is 5.72. The van der Waals surface area contributed by atoms with Crippen LogP contribution in [0.1, 0.15) is 67.6 Å². The number of benzene rings is 8. The van der Waals surface area contributed by atoms with Gasteiger partial charge in [-0.3, -0.25) is 0 Å². The van der Waals surface area contributed by atoms with E-state index >= 15 is 0 Å². The lowest BCUT2D eigenvalue weighted by Gasteiger charge is -2.48. The van der Waals surface area contributed by atoms with E-state index in [0.29, 0.717) is 23.3 Å². The van der Waals surface area contributed by atoms with Crippen molar-refractivity contribution in [1.29, 1.82) is 0 Å². The smallest absolute Gasteiger partial charge is 0.164 e. The Morgan fingerprint density at radius 2 is 1.19 bits per heavy atom. The van der Waals surface area contributed by atoms with E-state index in [4.69, 9.17) is 24.9 Å². The first-order valence-corrected chi connectivity index (χ1v) is 28.0. The van der Waals surface area contributed by atoms with Gasteiger partial charge >= 0.3 is 0 Å². The van der Waals surface area contributed by atoms with Crippen molar-refractivity contribution >= 4 is 59.0 Å². The van der Waals surface area contributed by atoms with E-state index in [1.54, 1.807) is 11.3 Å². The van der Waals surface area contributed by atoms with Crippen LogP contribution in [0.15, 0.2) is 230 Å². The monoisotopic (exact) mass is 1020 g/mol. The summed E-state index contributed by atoms with van der Waals surface area (Å²) in [5.74, 6) is 2.72. The highest BCUT2D eigenvalue weighted by Crippen LogP contribution is 2.65. The third kappa shape index (κ3) is 6.52. The molecule has 4 aliphatic carbocycles. The van der Waals surface area contributed by atoms with Crippen molar-refractivity contribution in [3.63, 3.8) is 0 Å². The summed E-state index contributed by atoms with van der Waals surface area (Å²) < 4.78 is 4.64. The lowest BCUT2D eigenvalue weighted by molar-refractivity contribution is 0.524. The highest BCUT2D eigenvalue weighted by atomic mass is 32.1. The van der Waals surface area contributed by atoms with Gasteiger partial charge in [0.2, 0.25) is 0 Å². The molecular weight excluding hydrogens is 969 g/mol. The van der Waals surface area contributed by atoms with E-state index in [9.17, 15) is 0 Å². The lowest BCUT2D eigenvalue weighted by Crippen LogP contribution is -2.41. The molecule has 16 rings (SSSR count). The first kappa shape index (κ1) is 45.1. The predicted octanol–water partition coefficient (Wildman–Crippen LogP) is 17.8. The largest absolute Gasteiger partial charge is 0.309 e. The zero-order valence-electron chi connectivity index (χ0n) is 43.2. The summed E-state index contributed by atoms with van der Waals surface area (Å²) >= 11 is 1.77. The van der Waals surface area contributed by atoms with E-state index in [0.717, 1.165) is 97.1 Å². The molecule has 1 unspecified atom stereocenters. The maximum Gasteiger partial charge on any atom is 0.164 e. The van der Waals surface area contributed by atoms with Gasteiger partial charge in [-0.1, -0.05) is 201 Å². The molecule has 12 aromatic rings. The second kappa shape index (κ2) is 17.2. The molecule has 370 valence electrons. The number of para-hydroxylation sites is 2. The number of aromatic nitrogens is 6. The van der Waals surface area contributed by atoms with Gasteiger partial charge in [0, 0.05) is 54.2 Å². The van der Waals surface area contributed by atoms with Crippen LogP contribution in [0.2, 0.25) is 0 Å². The van der Waals surface area contributed by atoms with Crippen molar-refractivity contribution in [1.82, 2.24) is 29.5 Å². The quantitative estimate of drug-likeness (QED) is 0.166. The predicted molar refractivity (Wildman–Crippen MR) is 321 cm³/mol. The van der Waals surface area contributed by atoms with Crippen molar-refractivity contribution in [3.05, 3.63) is 258 Å². The van der Waals surface area contributed by atoms with Crippen LogP contribution in [0.5, 0.6) is 0 Å². The maximum atomic E-state index is 5.72. The van der Waals surface area contributed by atoms with Crippen LogP contribution in [0.4, 0.5) is 0 Å². The fourth-order valence-electron chi connectivity index (χ4n) is 13.6. The molecule has 0 bridgehead atoms. The first-order valence-electron chi connectivity index (χ1n) is 27.2. The van der Waals surface area contributed by atoms with Gasteiger partial charge in [-0.05, 0) is 107 Å². The Kier molecular flexibility index (Phi) is 9.92. The summed E-state index contributed by atoms with van der Waals surface area (Å²) in [5, 5.41) is 3.55. The number of thiophene rings is 1. The number of hydrogen-bond donors (Lipinski definition) is 0. The molecule has 0 radical (unpaired) electrons. The molecule has 7 heteroatoms. The highest BCUT2D eigenvalue weighted by molar-refractivity contribution is 7.26. The molecule has 1 spiro atoms. The third-order valence-electron chi connectivity index (χ3n) is 17.1. The highest BCUT2D eigenvalue weighted by Gasteiger charge is 2.54. The third-order valence-corrected chi connectivity index (χ3v) is 18.3. The molecule has 4 heterocycles. The Morgan fingerprint density at radius 3 is 2.05 bits per heavy atom. The number of allylic oxidation sites excluding steroid dienone is 8. The number of hydrogen-bond acceptors (Lipinski definition) is 6. The number of fused-ring (bicyclic) bond motifs is 14. The Bertz CT molecular complexity index is 4650. The summed E-state index contributed by atoms with van der Waals surface area (Å²) in [6, 6.07) is 68.4. The fourth-order valence-corrected chi connectivity index (χ4v) is 14.8. The van der Waals surface area contributed by atoms with Gasteiger partial charge in [0.15, 0.2) is 23.3 Å². The molecule has 0 saturated carbocycles. The minimum atomic E-state index is -0.613. The Balaban J connectivity index is 0.973. The summed E-state index contributed by atoms with van der Waals surface area (Å²) in [7, 11) is 0. The van der Waals surface area contributed by atoms with Gasteiger partial charge in [-0.25, -0.2) is 24.9 Å². The SMILES string of the molecule is CC1(C)C2=C(C=CCC2)C2(c3ccc(-c4nc(-c5ccc6c7ccccc7n(-c7ccccc7)c6c5)c5sc6ccccc6c5n4)cc3-c3c(-c4nc(C5=CC=CCC5)nc(-c5ccccc5)n4)cccc32)c2ccccc21. The van der Waals surface area contributed by atoms with E-state index in [-0.39, 0.29) is 5.41 Å². The summed E-state index contributed by atoms with van der Waals surface area (Å²) in [4.78, 5) is 27.4. The Labute approximate surface area is 456 Å². The molecule has 6 nitrogen and oxygen atoms in total. The minimum Gasteiger partial charge on any atom is -0.309 e. The van der Waals surface area contributed by atoms with Crippen molar-refractivity contribution in [2.24, 2.45) is 0 Å². The molecular formula is C71H50N6S. The molecule has 0 saturated heterocycles. The molecule has 0 amide bonds. The topological polar surface area (TPSA) is 69.4 Å². The van der Waals surface area contributed by atoms with Gasteiger partial charge in [0.05, 0.1) is 32.4 Å². The minimum absolute atomic E-state index is 0.167. The second-order valence-corrected chi connectivity index (χ2v) is 22.7. The van der Waals surface area contributed by atoms with Crippen LogP contribution >= 0.6 is 11.3 Å². The van der Waals surface area contributed by atoms with E-state index in [2.05, 4.69) is 231 Å². The molecule has 0 fully saturated rings. The van der Waals surface area contributed by atoms with Crippen LogP contribution in [-0.4, -0.2) is 29.5 Å². The standard InChI is InChI=1S/C71H50N6S/c1-70(2)54-30-14-16-32-56(54)71(57-33-17-15-31-55(57)70)53-40-38-46(41-52(53)62-51(29-20-34-58(62)71)69-75-66(43-21-6-3-7-22-43)74-67(76-69)44-23-8-4-9-24-44)68-72-63(65-64(73-68)50-28-13-19-36-61(50)78-65)45-37-39-49-48-27-12-18-35-59(48)77(60(49)42-45)47-25-10-5-11-26-47/h3-8,10-14,16-23,25-30,32-42H,9,15,24,31H2,1-2H3. The molecule has 8 aromatic carbocycles. The number of rotatable bonds is 6. The van der Waals surface area contributed by atoms with Crippen molar-refractivity contribution in [3.8, 4) is 62.2 Å². The lowest BCUT2D eigenvalue weighted by atomic mass is 9.54. The Hall–Kier alpha value is -9.17. The molecule has 4 aromatic heterocycles. The zero-order chi connectivity index (χ0) is 51.7. The van der Waals surface area contributed by atoms with Crippen LogP contribution in [0.25, 0.3) is 110 Å². The summed E-state index contributed by atoms with van der Waals surface area (Å²) in [6.07, 6.45) is 15.2. The summed E-state index contributed by atoms with van der Waals surface area (Å²) in [6.45, 7) is 4.85. The van der Waals surface area contributed by atoms with Crippen molar-refractivity contribution in [2.45, 2.75) is 50.4 Å². The fraction of sp³-hybridized carbons (Fsp3) is 0.113. The Morgan fingerprint density at radius 1 is 0.487 bits per heavy atom. The van der Waals surface area contributed by atoms with Crippen LogP contribution in [0.3, 0.4) is 0 Å². The van der Waals surface area contributed by atoms with Crippen LogP contribution in [-0.2, 0) is 10.8 Å². The average molecular weight is 1020 g/mol. The van der Waals surface area contributed by atoms with E-state index in [1.807, 2.05) is 6.07 Å². The second-order valence-electron chi connectivity index (χ2n) is 21.7. The van der Waals surface area contributed by atoms with Crippen molar-refractivity contribution in [2.75, 3.05) is 0 Å². The van der Waals surface area contributed by atoms with Gasteiger partial charge < -0.3 is 4.57 Å². The molecule has 4 aliphatic rings. The molecule has 1 atom stereocenters. The van der Waals surface area contributed by atoms with Crippen LogP contribution in [0, 0.1) is 0 Å². The van der Waals surface area contributed by atoms with Gasteiger partial charge in [0.1, 0.15) is 0 Å². The van der Waals surface area contributed by atoms with E-state index in [1.165, 1.54) is 54.4 Å².